The Morgan fingerprint density at radius 2 is 1.93 bits per heavy atom. The van der Waals surface area contributed by atoms with Crippen LogP contribution in [0.1, 0.15) is 53.7 Å². The molecule has 0 radical (unpaired) electrons. The molecule has 12 nitrogen and oxygen atoms in total. The Morgan fingerprint density at radius 1 is 1.17 bits per heavy atom. The molecule has 3 heterocycles. The number of hydrogen-bond donors (Lipinski definition) is 3. The summed E-state index contributed by atoms with van der Waals surface area (Å²) in [5.74, 6) is 7.02. The number of aromatic nitrogens is 5. The molecule has 1 amide bonds. The van der Waals surface area contributed by atoms with Crippen LogP contribution < -0.4 is 10.5 Å². The van der Waals surface area contributed by atoms with Crippen molar-refractivity contribution in [3.05, 3.63) is 36.0 Å². The zero-order valence-electron chi connectivity index (χ0n) is 24.1. The molecule has 0 aliphatic carbocycles. The van der Waals surface area contributed by atoms with Crippen molar-refractivity contribution in [2.75, 3.05) is 18.9 Å². The highest BCUT2D eigenvalue weighted by Gasteiger charge is 2.25. The summed E-state index contributed by atoms with van der Waals surface area (Å²) in [5.41, 5.74) is 7.61. The molecule has 4 N–H and O–H groups in total. The number of carboxylic acid groups (broad SMARTS) is 1. The van der Waals surface area contributed by atoms with Gasteiger partial charge in [-0.25, -0.2) is 19.4 Å². The Kier molecular flexibility index (Phi) is 8.21. The van der Waals surface area contributed by atoms with Crippen LogP contribution in [0.25, 0.3) is 33.8 Å². The van der Waals surface area contributed by atoms with E-state index in [0.717, 1.165) is 11.1 Å². The number of aryl methyl sites for hydroxylation is 1. The highest BCUT2D eigenvalue weighted by Crippen LogP contribution is 2.31. The largest absolute Gasteiger partial charge is 0.494 e. The van der Waals surface area contributed by atoms with Crippen LogP contribution in [0.4, 0.5) is 10.6 Å². The van der Waals surface area contributed by atoms with Crippen LogP contribution in [0, 0.1) is 11.8 Å². The van der Waals surface area contributed by atoms with E-state index in [2.05, 4.69) is 22.2 Å². The number of carbonyl (C=O) groups is 1. The van der Waals surface area contributed by atoms with E-state index in [-0.39, 0.29) is 5.82 Å². The fraction of sp³-hybridized carbons (Fsp3) is 0.414. The highest BCUT2D eigenvalue weighted by molar-refractivity contribution is 5.88. The van der Waals surface area contributed by atoms with E-state index < -0.39 is 17.2 Å². The topological polar surface area (TPSA) is 166 Å². The van der Waals surface area contributed by atoms with Gasteiger partial charge in [-0.1, -0.05) is 18.1 Å². The summed E-state index contributed by atoms with van der Waals surface area (Å²) in [6.07, 6.45) is -0.422. The number of hydrogen-bond acceptors (Lipinski definition) is 9. The van der Waals surface area contributed by atoms with Gasteiger partial charge in [0.25, 0.3) is 0 Å². The second-order valence-electron chi connectivity index (χ2n) is 11.0. The second kappa shape index (κ2) is 11.5. The van der Waals surface area contributed by atoms with Crippen molar-refractivity contribution in [3.63, 3.8) is 0 Å². The summed E-state index contributed by atoms with van der Waals surface area (Å²) in [7, 11) is 0. The molecule has 0 bridgehead atoms. The van der Waals surface area contributed by atoms with E-state index in [9.17, 15) is 15.0 Å². The maximum atomic E-state index is 11.6. The molecule has 0 spiro atoms. The first-order chi connectivity index (χ1) is 19.3. The predicted octanol–water partition coefficient (Wildman–Crippen LogP) is 4.42. The molecule has 0 atom stereocenters. The van der Waals surface area contributed by atoms with Gasteiger partial charge in [-0.2, -0.15) is 0 Å². The Hall–Kier alpha value is -4.63. The van der Waals surface area contributed by atoms with E-state index in [4.69, 9.17) is 25.1 Å². The molecule has 1 aromatic carbocycles. The molecule has 0 saturated heterocycles. The number of nitrogen functional groups attached to an aromatic ring is 1. The van der Waals surface area contributed by atoms with Gasteiger partial charge in [-0.15, -0.1) is 0 Å². The Morgan fingerprint density at radius 3 is 2.54 bits per heavy atom. The van der Waals surface area contributed by atoms with Gasteiger partial charge in [0.1, 0.15) is 22.6 Å². The lowest BCUT2D eigenvalue weighted by Crippen LogP contribution is -2.45. The monoisotopic (exact) mass is 561 g/mol. The fourth-order valence-corrected chi connectivity index (χ4v) is 4.30. The number of aliphatic hydroxyl groups is 1. The van der Waals surface area contributed by atoms with Crippen LogP contribution in [-0.4, -0.2) is 70.3 Å². The molecule has 12 heteroatoms. The average molecular weight is 562 g/mol. The molecule has 216 valence electrons. The maximum Gasteiger partial charge on any atom is 0.407 e. The predicted molar refractivity (Wildman–Crippen MR) is 154 cm³/mol. The lowest BCUT2D eigenvalue weighted by Gasteiger charge is -2.33. The van der Waals surface area contributed by atoms with E-state index >= 15 is 0 Å². The van der Waals surface area contributed by atoms with Crippen LogP contribution in [0.2, 0.25) is 0 Å². The van der Waals surface area contributed by atoms with Crippen molar-refractivity contribution in [2.45, 2.75) is 65.6 Å². The molecule has 41 heavy (non-hydrogen) atoms. The van der Waals surface area contributed by atoms with Crippen molar-refractivity contribution < 1.29 is 24.4 Å². The second-order valence-corrected chi connectivity index (χ2v) is 11.0. The maximum absolute atomic E-state index is 11.6. The SMILES string of the molecule is CCn1c(-c2nonc2N)nc2c(C#CC(C)(C)O)nc(-c3cccc(OCCCN(C(=O)O)C(C)(C)C)c3)cc21. The first-order valence-corrected chi connectivity index (χ1v) is 13.3. The third-order valence-electron chi connectivity index (χ3n) is 6.23. The summed E-state index contributed by atoms with van der Waals surface area (Å²) >= 11 is 0. The summed E-state index contributed by atoms with van der Waals surface area (Å²) in [5, 5.41) is 27.4. The number of imidazole rings is 1. The minimum atomic E-state index is -1.24. The molecule has 0 aliphatic rings. The molecular formula is C29H35N7O5. The number of ether oxygens (including phenoxy) is 1. The van der Waals surface area contributed by atoms with Crippen LogP contribution in [0.5, 0.6) is 5.75 Å². The summed E-state index contributed by atoms with van der Waals surface area (Å²) in [4.78, 5) is 22.5. The fourth-order valence-electron chi connectivity index (χ4n) is 4.30. The third kappa shape index (κ3) is 6.75. The van der Waals surface area contributed by atoms with Gasteiger partial charge in [0.05, 0.1) is 17.8 Å². The van der Waals surface area contributed by atoms with Crippen molar-refractivity contribution >= 4 is 22.9 Å². The normalized spacial score (nSPS) is 11.8. The van der Waals surface area contributed by atoms with Gasteiger partial charge in [0.15, 0.2) is 17.3 Å². The molecule has 0 unspecified atom stereocenters. The lowest BCUT2D eigenvalue weighted by molar-refractivity contribution is 0.0962. The van der Waals surface area contributed by atoms with Crippen molar-refractivity contribution in [3.8, 4) is 40.4 Å². The number of benzene rings is 1. The zero-order valence-corrected chi connectivity index (χ0v) is 24.1. The minimum absolute atomic E-state index is 0.117. The van der Waals surface area contributed by atoms with Gasteiger partial charge >= 0.3 is 6.09 Å². The number of nitrogens with zero attached hydrogens (tertiary/aromatic N) is 6. The van der Waals surface area contributed by atoms with Gasteiger partial charge in [0.2, 0.25) is 0 Å². The number of nitrogens with two attached hydrogens (primary N) is 1. The minimum Gasteiger partial charge on any atom is -0.494 e. The Balaban J connectivity index is 1.69. The molecule has 0 aliphatic heterocycles. The van der Waals surface area contributed by atoms with Crippen molar-refractivity contribution in [1.29, 1.82) is 0 Å². The number of rotatable bonds is 8. The lowest BCUT2D eigenvalue weighted by atomic mass is 10.1. The van der Waals surface area contributed by atoms with Crippen LogP contribution in [-0.2, 0) is 6.54 Å². The van der Waals surface area contributed by atoms with Crippen LogP contribution in [0.15, 0.2) is 35.0 Å². The van der Waals surface area contributed by atoms with E-state index in [1.165, 1.54) is 4.90 Å². The first kappa shape index (κ1) is 29.4. The smallest absolute Gasteiger partial charge is 0.407 e. The van der Waals surface area contributed by atoms with Gasteiger partial charge in [0, 0.05) is 24.2 Å². The number of anilines is 1. The molecule has 4 aromatic rings. The van der Waals surface area contributed by atoms with Gasteiger partial charge in [-0.05, 0) is 82.4 Å². The molecule has 0 fully saturated rings. The quantitative estimate of drug-likeness (QED) is 0.207. The Labute approximate surface area is 238 Å². The highest BCUT2D eigenvalue weighted by atomic mass is 16.6. The van der Waals surface area contributed by atoms with Crippen molar-refractivity contribution in [2.24, 2.45) is 0 Å². The Bertz CT molecular complexity index is 1620. The third-order valence-corrected chi connectivity index (χ3v) is 6.23. The van der Waals surface area contributed by atoms with Crippen molar-refractivity contribution in [1.82, 2.24) is 29.7 Å². The summed E-state index contributed by atoms with van der Waals surface area (Å²) in [6.45, 7) is 12.0. The zero-order chi connectivity index (χ0) is 29.9. The van der Waals surface area contributed by atoms with Gasteiger partial charge in [-0.3, -0.25) is 0 Å². The molecule has 3 aromatic heterocycles. The molecular weight excluding hydrogens is 526 g/mol. The standard InChI is InChI=1S/C29H35N7O5/c1-7-35-22-17-21(18-10-8-11-19(16-18)40-15-9-14-36(27(37)38)28(2,3)4)31-20(12-13-29(5,6)39)23(22)32-26(35)24-25(30)34-41-33-24/h8,10-11,16-17,39H,7,9,14-15H2,1-6H3,(H2,30,34)(H,37,38). The number of pyridine rings is 1. The number of amides is 1. The van der Waals surface area contributed by atoms with Gasteiger partial charge < -0.3 is 30.2 Å². The number of fused-ring (bicyclic) bond motifs is 1. The average Bonchev–Trinajstić information content (AvgIpc) is 3.48. The first-order valence-electron chi connectivity index (χ1n) is 13.3. The molecule has 4 rings (SSSR count). The van der Waals surface area contributed by atoms with E-state index in [1.54, 1.807) is 13.8 Å². The van der Waals surface area contributed by atoms with E-state index in [0.29, 0.717) is 60.3 Å². The summed E-state index contributed by atoms with van der Waals surface area (Å²) < 4.78 is 12.7. The summed E-state index contributed by atoms with van der Waals surface area (Å²) in [6, 6.07) is 9.38. The van der Waals surface area contributed by atoms with Crippen LogP contribution >= 0.6 is 0 Å². The molecule has 0 saturated carbocycles. The van der Waals surface area contributed by atoms with Crippen LogP contribution in [0.3, 0.4) is 0 Å². The van der Waals surface area contributed by atoms with E-state index in [1.807, 2.05) is 62.6 Å².